The van der Waals surface area contributed by atoms with Gasteiger partial charge < -0.3 is 5.32 Å². The van der Waals surface area contributed by atoms with E-state index in [1.165, 1.54) is 30.3 Å². The van der Waals surface area contributed by atoms with Crippen molar-refractivity contribution in [2.45, 2.75) is 32.6 Å². The number of nitrogens with one attached hydrogen (secondary N) is 1. The molecule has 3 unspecified atom stereocenters. The van der Waals surface area contributed by atoms with Crippen LogP contribution in [0.5, 0.6) is 0 Å². The zero-order valence-electron chi connectivity index (χ0n) is 13.2. The fourth-order valence-corrected chi connectivity index (χ4v) is 3.83. The van der Waals surface area contributed by atoms with Gasteiger partial charge in [-0.2, -0.15) is 0 Å². The lowest BCUT2D eigenvalue weighted by molar-refractivity contribution is 0.185. The summed E-state index contributed by atoms with van der Waals surface area (Å²) in [4.78, 5) is 4.87. The minimum Gasteiger partial charge on any atom is -0.319 e. The third-order valence-electron chi connectivity index (χ3n) is 5.00. The molecule has 0 spiro atoms. The van der Waals surface area contributed by atoms with Crippen molar-refractivity contribution < 1.29 is 0 Å². The number of nitrogens with zero attached hydrogens (tertiary/aromatic N) is 1. The van der Waals surface area contributed by atoms with Crippen molar-refractivity contribution >= 4 is 10.9 Å². The van der Waals surface area contributed by atoms with Gasteiger partial charge in [-0.25, -0.2) is 0 Å². The number of benzene rings is 1. The van der Waals surface area contributed by atoms with E-state index in [0.717, 1.165) is 36.2 Å². The van der Waals surface area contributed by atoms with Crippen LogP contribution in [0.4, 0.5) is 0 Å². The zero-order chi connectivity index (χ0) is 14.7. The lowest BCUT2D eigenvalue weighted by Crippen LogP contribution is -2.32. The molecule has 1 aromatic carbocycles. The number of fused-ring (bicyclic) bond motifs is 1. The smallest absolute Gasteiger partial charge is 0.0705 e. The largest absolute Gasteiger partial charge is 0.319 e. The molecule has 3 rings (SSSR count). The average Bonchev–Trinajstić information content (AvgIpc) is 2.50. The van der Waals surface area contributed by atoms with Crippen molar-refractivity contribution in [3.05, 3.63) is 42.1 Å². The van der Waals surface area contributed by atoms with E-state index >= 15 is 0 Å². The van der Waals surface area contributed by atoms with Crippen LogP contribution in [-0.2, 0) is 6.42 Å². The van der Waals surface area contributed by atoms with Gasteiger partial charge in [0.15, 0.2) is 0 Å². The van der Waals surface area contributed by atoms with E-state index in [4.69, 9.17) is 4.98 Å². The Morgan fingerprint density at radius 2 is 1.95 bits per heavy atom. The Kier molecular flexibility index (Phi) is 4.54. The maximum Gasteiger partial charge on any atom is 0.0705 e. The molecule has 1 N–H and O–H groups in total. The van der Waals surface area contributed by atoms with Crippen LogP contribution in [0.2, 0.25) is 0 Å². The number of aromatic nitrogens is 1. The fraction of sp³-hybridized carbons (Fsp3) is 0.526. The Morgan fingerprint density at radius 3 is 2.81 bits per heavy atom. The summed E-state index contributed by atoms with van der Waals surface area (Å²) in [7, 11) is 2.07. The van der Waals surface area contributed by atoms with Crippen LogP contribution in [0.1, 0.15) is 31.9 Å². The SMILES string of the molecule is CNCC1CCC(C)CC1Cc1ccc2ccccc2n1. The number of pyridine rings is 1. The monoisotopic (exact) mass is 282 g/mol. The van der Waals surface area contributed by atoms with E-state index in [0.29, 0.717) is 0 Å². The van der Waals surface area contributed by atoms with Crippen molar-refractivity contribution in [3.63, 3.8) is 0 Å². The van der Waals surface area contributed by atoms with E-state index < -0.39 is 0 Å². The molecule has 0 bridgehead atoms. The van der Waals surface area contributed by atoms with Crippen LogP contribution >= 0.6 is 0 Å². The molecule has 3 atom stereocenters. The summed E-state index contributed by atoms with van der Waals surface area (Å²) in [5.41, 5.74) is 2.39. The number of para-hydroxylation sites is 1. The van der Waals surface area contributed by atoms with E-state index in [1.807, 2.05) is 0 Å². The molecule has 1 aliphatic rings. The van der Waals surface area contributed by atoms with Crippen molar-refractivity contribution in [1.29, 1.82) is 0 Å². The summed E-state index contributed by atoms with van der Waals surface area (Å²) < 4.78 is 0. The number of hydrogen-bond donors (Lipinski definition) is 1. The van der Waals surface area contributed by atoms with Crippen molar-refractivity contribution in [2.24, 2.45) is 17.8 Å². The van der Waals surface area contributed by atoms with Gasteiger partial charge in [-0.1, -0.05) is 37.6 Å². The highest BCUT2D eigenvalue weighted by Crippen LogP contribution is 2.35. The second kappa shape index (κ2) is 6.57. The molecule has 21 heavy (non-hydrogen) atoms. The van der Waals surface area contributed by atoms with E-state index in [2.05, 4.69) is 55.7 Å². The molecule has 2 nitrogen and oxygen atoms in total. The molecule has 1 saturated carbocycles. The van der Waals surface area contributed by atoms with E-state index in [1.54, 1.807) is 0 Å². The standard InChI is InChI=1S/C19H26N2/c1-14-7-8-16(13-20-2)17(11-14)12-18-10-9-15-5-3-4-6-19(15)21-18/h3-6,9-10,14,16-17,20H,7-8,11-13H2,1-2H3. The van der Waals surface area contributed by atoms with Gasteiger partial charge in [0.2, 0.25) is 0 Å². The van der Waals surface area contributed by atoms with E-state index in [9.17, 15) is 0 Å². The van der Waals surface area contributed by atoms with Gasteiger partial charge in [0.1, 0.15) is 0 Å². The third kappa shape index (κ3) is 3.44. The minimum absolute atomic E-state index is 0.773. The maximum atomic E-state index is 4.87. The quantitative estimate of drug-likeness (QED) is 0.915. The molecule has 1 aliphatic carbocycles. The first-order valence-electron chi connectivity index (χ1n) is 8.25. The van der Waals surface area contributed by atoms with Crippen LogP contribution in [0.3, 0.4) is 0 Å². The van der Waals surface area contributed by atoms with Gasteiger partial charge >= 0.3 is 0 Å². The Balaban J connectivity index is 1.78. The van der Waals surface area contributed by atoms with Crippen molar-refractivity contribution in [3.8, 4) is 0 Å². The summed E-state index contributed by atoms with van der Waals surface area (Å²) >= 11 is 0. The Bertz CT molecular complexity index is 593. The topological polar surface area (TPSA) is 24.9 Å². The highest BCUT2D eigenvalue weighted by Gasteiger charge is 2.28. The van der Waals surface area contributed by atoms with Gasteiger partial charge in [0.25, 0.3) is 0 Å². The molecule has 0 radical (unpaired) electrons. The predicted octanol–water partition coefficient (Wildman–Crippen LogP) is 4.05. The highest BCUT2D eigenvalue weighted by atomic mass is 14.8. The third-order valence-corrected chi connectivity index (χ3v) is 5.00. The summed E-state index contributed by atoms with van der Waals surface area (Å²) in [5, 5.41) is 4.62. The molecule has 1 fully saturated rings. The molecular formula is C19H26N2. The average molecular weight is 282 g/mol. The first-order chi connectivity index (χ1) is 10.3. The van der Waals surface area contributed by atoms with Crippen LogP contribution < -0.4 is 5.32 Å². The zero-order valence-corrected chi connectivity index (χ0v) is 13.2. The molecular weight excluding hydrogens is 256 g/mol. The lowest BCUT2D eigenvalue weighted by atomic mass is 9.72. The predicted molar refractivity (Wildman–Crippen MR) is 89.4 cm³/mol. The Labute approximate surface area is 128 Å². The fourth-order valence-electron chi connectivity index (χ4n) is 3.83. The first kappa shape index (κ1) is 14.5. The van der Waals surface area contributed by atoms with Crippen molar-refractivity contribution in [2.75, 3.05) is 13.6 Å². The minimum atomic E-state index is 0.773. The van der Waals surface area contributed by atoms with Crippen molar-refractivity contribution in [1.82, 2.24) is 10.3 Å². The van der Waals surface area contributed by atoms with Gasteiger partial charge in [-0.15, -0.1) is 0 Å². The highest BCUT2D eigenvalue weighted by molar-refractivity contribution is 5.78. The van der Waals surface area contributed by atoms with Crippen LogP contribution in [0.15, 0.2) is 36.4 Å². The summed E-state index contributed by atoms with van der Waals surface area (Å²) in [6, 6.07) is 12.8. The summed E-state index contributed by atoms with van der Waals surface area (Å²) in [5.74, 6) is 2.44. The van der Waals surface area contributed by atoms with Gasteiger partial charge in [-0.05, 0) is 62.7 Å². The molecule has 0 aliphatic heterocycles. The normalized spacial score (nSPS) is 26.1. The Hall–Kier alpha value is -1.41. The summed E-state index contributed by atoms with van der Waals surface area (Å²) in [6.07, 6.45) is 5.22. The Morgan fingerprint density at radius 1 is 1.10 bits per heavy atom. The van der Waals surface area contributed by atoms with Crippen LogP contribution in [0.25, 0.3) is 10.9 Å². The molecule has 1 aromatic heterocycles. The number of rotatable bonds is 4. The second-order valence-electron chi connectivity index (χ2n) is 6.70. The maximum absolute atomic E-state index is 4.87. The van der Waals surface area contributed by atoms with Gasteiger partial charge in [-0.3, -0.25) is 4.98 Å². The molecule has 0 saturated heterocycles. The van der Waals surface area contributed by atoms with Crippen LogP contribution in [0, 0.1) is 17.8 Å². The molecule has 112 valence electrons. The number of hydrogen-bond acceptors (Lipinski definition) is 2. The van der Waals surface area contributed by atoms with Crippen LogP contribution in [-0.4, -0.2) is 18.6 Å². The first-order valence-corrected chi connectivity index (χ1v) is 8.25. The molecule has 2 aromatic rings. The second-order valence-corrected chi connectivity index (χ2v) is 6.70. The van der Waals surface area contributed by atoms with Gasteiger partial charge in [0.05, 0.1) is 5.52 Å². The summed E-state index contributed by atoms with van der Waals surface area (Å²) in [6.45, 7) is 3.54. The van der Waals surface area contributed by atoms with Gasteiger partial charge in [0, 0.05) is 11.1 Å². The molecule has 1 heterocycles. The lowest BCUT2D eigenvalue weighted by Gasteiger charge is -2.35. The molecule has 0 amide bonds. The molecule has 2 heteroatoms. The van der Waals surface area contributed by atoms with E-state index in [-0.39, 0.29) is 0 Å².